The monoisotopic (exact) mass is 137 g/mol. The second-order valence-electron chi connectivity index (χ2n) is 1.98. The fourth-order valence-corrected chi connectivity index (χ4v) is 0.893. The highest BCUT2D eigenvalue weighted by molar-refractivity contribution is 4.64. The zero-order valence-electron chi connectivity index (χ0n) is 4.94. The summed E-state index contributed by atoms with van der Waals surface area (Å²) in [5.74, 6) is 0. The second-order valence-corrected chi connectivity index (χ2v) is 1.98. The van der Waals surface area contributed by atoms with Crippen molar-refractivity contribution in [2.75, 3.05) is 6.54 Å². The molecule has 0 aromatic rings. The smallest absolute Gasteiger partial charge is 0.304 e. The van der Waals surface area contributed by atoms with Gasteiger partial charge in [0, 0.05) is 0 Å². The average Bonchev–Trinajstić information content (AvgIpc) is 2.15. The number of hydrogen-bond donors (Lipinski definition) is 1. The first-order valence-electron chi connectivity index (χ1n) is 2.96. The van der Waals surface area contributed by atoms with Crippen molar-refractivity contribution in [3.05, 3.63) is 0 Å². The van der Waals surface area contributed by atoms with Gasteiger partial charge in [0.05, 0.1) is 0 Å². The highest BCUT2D eigenvalue weighted by atomic mass is 19.3. The van der Waals surface area contributed by atoms with E-state index in [-0.39, 0.29) is 0 Å². The molecule has 1 saturated heterocycles. The minimum absolute atomic E-state index is 0.412. The van der Waals surface area contributed by atoms with E-state index in [1.807, 2.05) is 0 Å². The molecule has 1 fully saturated rings. The van der Waals surface area contributed by atoms with Gasteiger partial charge in [-0.05, 0) is 19.4 Å². The van der Waals surface area contributed by atoms with Gasteiger partial charge < -0.3 is 4.74 Å². The highest BCUT2D eigenvalue weighted by Gasteiger charge is 2.17. The fraction of sp³-hybridized carbons (Fsp3) is 1.00. The van der Waals surface area contributed by atoms with Crippen LogP contribution >= 0.6 is 0 Å². The Morgan fingerprint density at radius 3 is 2.78 bits per heavy atom. The second kappa shape index (κ2) is 3.08. The van der Waals surface area contributed by atoms with E-state index in [0.717, 1.165) is 13.0 Å². The van der Waals surface area contributed by atoms with Crippen LogP contribution in [-0.2, 0) is 4.74 Å². The standard InChI is InChI=1S/C5H9F2NO/c6-5(7)9-4-2-1-3-8-4/h4-5,8H,1-3H2. The molecular weight excluding hydrogens is 128 g/mol. The van der Waals surface area contributed by atoms with Crippen LogP contribution in [0.2, 0.25) is 0 Å². The van der Waals surface area contributed by atoms with Crippen LogP contribution in [0.15, 0.2) is 0 Å². The van der Waals surface area contributed by atoms with Crippen molar-refractivity contribution in [1.29, 1.82) is 0 Å². The molecule has 1 unspecified atom stereocenters. The van der Waals surface area contributed by atoms with Gasteiger partial charge in [0.15, 0.2) is 0 Å². The zero-order chi connectivity index (χ0) is 6.69. The van der Waals surface area contributed by atoms with Crippen LogP contribution in [0.1, 0.15) is 12.8 Å². The summed E-state index contributed by atoms with van der Waals surface area (Å²) in [5, 5.41) is 2.79. The van der Waals surface area contributed by atoms with E-state index >= 15 is 0 Å². The SMILES string of the molecule is FC(F)OC1CCCN1. The molecule has 0 spiro atoms. The van der Waals surface area contributed by atoms with Crippen molar-refractivity contribution in [2.45, 2.75) is 25.7 Å². The third kappa shape index (κ3) is 2.24. The summed E-state index contributed by atoms with van der Waals surface area (Å²) in [7, 11) is 0. The Balaban J connectivity index is 2.11. The molecule has 54 valence electrons. The van der Waals surface area contributed by atoms with E-state index in [4.69, 9.17) is 0 Å². The summed E-state index contributed by atoms with van der Waals surface area (Å²) < 4.78 is 27.0. The Morgan fingerprint density at radius 1 is 1.56 bits per heavy atom. The van der Waals surface area contributed by atoms with E-state index in [1.165, 1.54) is 0 Å². The maximum Gasteiger partial charge on any atom is 0.346 e. The van der Waals surface area contributed by atoms with E-state index in [0.29, 0.717) is 6.42 Å². The number of rotatable bonds is 2. The Kier molecular flexibility index (Phi) is 2.36. The number of nitrogens with one attached hydrogen (secondary N) is 1. The predicted octanol–water partition coefficient (Wildman–Crippen LogP) is 0.935. The Labute approximate surface area is 52.2 Å². The van der Waals surface area contributed by atoms with Gasteiger partial charge in [-0.3, -0.25) is 5.32 Å². The number of hydrogen-bond acceptors (Lipinski definition) is 2. The molecule has 1 rings (SSSR count). The lowest BCUT2D eigenvalue weighted by Gasteiger charge is -2.09. The lowest BCUT2D eigenvalue weighted by Crippen LogP contribution is -2.26. The van der Waals surface area contributed by atoms with E-state index in [9.17, 15) is 8.78 Å². The molecule has 0 saturated carbocycles. The van der Waals surface area contributed by atoms with Crippen LogP contribution in [0.3, 0.4) is 0 Å². The third-order valence-corrected chi connectivity index (χ3v) is 1.28. The van der Waals surface area contributed by atoms with Gasteiger partial charge in [-0.15, -0.1) is 0 Å². The molecule has 0 amide bonds. The van der Waals surface area contributed by atoms with Crippen LogP contribution in [0.4, 0.5) is 8.78 Å². The van der Waals surface area contributed by atoms with Crippen LogP contribution < -0.4 is 5.32 Å². The van der Waals surface area contributed by atoms with Crippen LogP contribution in [-0.4, -0.2) is 19.4 Å². The number of alkyl halides is 2. The quantitative estimate of drug-likeness (QED) is 0.611. The summed E-state index contributed by atoms with van der Waals surface area (Å²) >= 11 is 0. The van der Waals surface area contributed by atoms with Crippen LogP contribution in [0.25, 0.3) is 0 Å². The molecule has 0 aromatic heterocycles. The zero-order valence-corrected chi connectivity index (χ0v) is 4.94. The summed E-state index contributed by atoms with van der Waals surface area (Å²) in [6, 6.07) is 0. The molecule has 4 heteroatoms. The van der Waals surface area contributed by atoms with Crippen molar-refractivity contribution in [3.63, 3.8) is 0 Å². The van der Waals surface area contributed by atoms with Crippen molar-refractivity contribution >= 4 is 0 Å². The van der Waals surface area contributed by atoms with Gasteiger partial charge in [0.1, 0.15) is 6.23 Å². The van der Waals surface area contributed by atoms with Crippen molar-refractivity contribution in [2.24, 2.45) is 0 Å². The Morgan fingerprint density at radius 2 is 2.33 bits per heavy atom. The minimum Gasteiger partial charge on any atom is -0.304 e. The van der Waals surface area contributed by atoms with E-state index in [2.05, 4.69) is 10.1 Å². The van der Waals surface area contributed by atoms with Gasteiger partial charge in [0.2, 0.25) is 0 Å². The summed E-state index contributed by atoms with van der Waals surface area (Å²) in [6.45, 7) is -1.85. The molecule has 0 aromatic carbocycles. The molecule has 0 bridgehead atoms. The highest BCUT2D eigenvalue weighted by Crippen LogP contribution is 2.09. The van der Waals surface area contributed by atoms with Crippen molar-refractivity contribution in [1.82, 2.24) is 5.32 Å². The van der Waals surface area contributed by atoms with E-state index < -0.39 is 12.8 Å². The Bertz CT molecular complexity index is 83.0. The topological polar surface area (TPSA) is 21.3 Å². The van der Waals surface area contributed by atoms with E-state index in [1.54, 1.807) is 0 Å². The molecular formula is C5H9F2NO. The molecule has 1 N–H and O–H groups in total. The Hall–Kier alpha value is -0.220. The lowest BCUT2D eigenvalue weighted by molar-refractivity contribution is -0.166. The first kappa shape index (κ1) is 6.89. The maximum atomic E-state index is 11.4. The summed E-state index contributed by atoms with van der Waals surface area (Å²) in [4.78, 5) is 0. The fourth-order valence-electron chi connectivity index (χ4n) is 0.893. The normalized spacial score (nSPS) is 27.7. The summed E-state index contributed by atoms with van der Waals surface area (Å²) in [5.41, 5.74) is 0. The predicted molar refractivity (Wildman–Crippen MR) is 28.1 cm³/mol. The van der Waals surface area contributed by atoms with Crippen molar-refractivity contribution < 1.29 is 13.5 Å². The molecule has 1 heterocycles. The van der Waals surface area contributed by atoms with Crippen LogP contribution in [0.5, 0.6) is 0 Å². The van der Waals surface area contributed by atoms with Crippen LogP contribution in [0, 0.1) is 0 Å². The van der Waals surface area contributed by atoms with Gasteiger partial charge >= 0.3 is 6.61 Å². The van der Waals surface area contributed by atoms with Gasteiger partial charge in [-0.1, -0.05) is 0 Å². The van der Waals surface area contributed by atoms with Gasteiger partial charge in [-0.25, -0.2) is 0 Å². The molecule has 9 heavy (non-hydrogen) atoms. The number of ether oxygens (including phenoxy) is 1. The first-order chi connectivity index (χ1) is 4.29. The molecule has 1 atom stereocenters. The lowest BCUT2D eigenvalue weighted by atomic mass is 10.4. The molecule has 1 aliphatic heterocycles. The first-order valence-corrected chi connectivity index (χ1v) is 2.96. The maximum absolute atomic E-state index is 11.4. The third-order valence-electron chi connectivity index (χ3n) is 1.28. The summed E-state index contributed by atoms with van der Waals surface area (Å²) in [6.07, 6.45) is 1.21. The van der Waals surface area contributed by atoms with Gasteiger partial charge in [0.25, 0.3) is 0 Å². The number of halogens is 2. The van der Waals surface area contributed by atoms with Gasteiger partial charge in [-0.2, -0.15) is 8.78 Å². The molecule has 2 nitrogen and oxygen atoms in total. The molecule has 0 aliphatic carbocycles. The minimum atomic E-state index is -2.64. The molecule has 0 radical (unpaired) electrons. The molecule has 1 aliphatic rings. The average molecular weight is 137 g/mol. The largest absolute Gasteiger partial charge is 0.346 e. The van der Waals surface area contributed by atoms with Crippen molar-refractivity contribution in [3.8, 4) is 0 Å².